The van der Waals surface area contributed by atoms with Crippen LogP contribution >= 0.6 is 0 Å². The molecule has 0 aliphatic carbocycles. The van der Waals surface area contributed by atoms with E-state index in [1.165, 1.54) is 0 Å². The van der Waals surface area contributed by atoms with Crippen LogP contribution in [0.3, 0.4) is 0 Å². The van der Waals surface area contributed by atoms with Crippen molar-refractivity contribution in [2.75, 3.05) is 0 Å². The van der Waals surface area contributed by atoms with Crippen LogP contribution in [0, 0.1) is 0 Å². The molecule has 11 heavy (non-hydrogen) atoms. The zero-order chi connectivity index (χ0) is 7.52. The SMILES string of the molecule is B(n1cccc1)n1cccc1. The zero-order valence-electron chi connectivity index (χ0n) is 6.22. The first-order chi connectivity index (χ1) is 5.45. The molecular formula is C8H9BN2. The van der Waals surface area contributed by atoms with Crippen LogP contribution in [0.15, 0.2) is 49.1 Å². The van der Waals surface area contributed by atoms with Crippen LogP contribution in [0.4, 0.5) is 0 Å². The van der Waals surface area contributed by atoms with Gasteiger partial charge in [-0.25, -0.2) is 0 Å². The third-order valence-electron chi connectivity index (χ3n) is 1.66. The molecular weight excluding hydrogens is 135 g/mol. The van der Waals surface area contributed by atoms with Crippen LogP contribution in [0.1, 0.15) is 0 Å². The molecule has 54 valence electrons. The van der Waals surface area contributed by atoms with Gasteiger partial charge in [0, 0.05) is 0 Å². The molecule has 0 atom stereocenters. The molecule has 0 bridgehead atoms. The van der Waals surface area contributed by atoms with E-state index in [0.29, 0.717) is 0 Å². The first-order valence-electron chi connectivity index (χ1n) is 3.67. The first-order valence-corrected chi connectivity index (χ1v) is 3.67. The summed E-state index contributed by atoms with van der Waals surface area (Å²) in [7, 11) is 0.903. The molecule has 2 heterocycles. The van der Waals surface area contributed by atoms with E-state index in [0.717, 1.165) is 7.55 Å². The van der Waals surface area contributed by atoms with E-state index >= 15 is 0 Å². The van der Waals surface area contributed by atoms with Crippen LogP contribution < -0.4 is 0 Å². The van der Waals surface area contributed by atoms with Crippen LogP contribution in [-0.2, 0) is 0 Å². The van der Waals surface area contributed by atoms with Crippen LogP contribution in [0.2, 0.25) is 0 Å². The molecule has 0 aliphatic heterocycles. The third-order valence-corrected chi connectivity index (χ3v) is 1.66. The van der Waals surface area contributed by atoms with Crippen LogP contribution in [0.5, 0.6) is 0 Å². The predicted octanol–water partition coefficient (Wildman–Crippen LogP) is 0.952. The fourth-order valence-corrected chi connectivity index (χ4v) is 1.12. The minimum atomic E-state index is 0.903. The summed E-state index contributed by atoms with van der Waals surface area (Å²) in [6.45, 7) is 0. The lowest BCUT2D eigenvalue weighted by atomic mass is 10.2. The number of rotatable bonds is 2. The smallest absolute Gasteiger partial charge is 0.364 e. The largest absolute Gasteiger partial charge is 0.381 e. The van der Waals surface area contributed by atoms with Crippen molar-refractivity contribution in [2.24, 2.45) is 0 Å². The molecule has 0 aromatic carbocycles. The zero-order valence-corrected chi connectivity index (χ0v) is 6.22. The van der Waals surface area contributed by atoms with Gasteiger partial charge < -0.3 is 8.96 Å². The number of aromatic nitrogens is 2. The predicted molar refractivity (Wildman–Crippen MR) is 46.8 cm³/mol. The fourth-order valence-electron chi connectivity index (χ4n) is 1.12. The third kappa shape index (κ3) is 1.37. The number of hydrogen-bond acceptors (Lipinski definition) is 0. The summed E-state index contributed by atoms with van der Waals surface area (Å²) in [5.41, 5.74) is 0. The topological polar surface area (TPSA) is 9.86 Å². The monoisotopic (exact) mass is 144 g/mol. The summed E-state index contributed by atoms with van der Waals surface area (Å²) in [5, 5.41) is 0. The molecule has 0 saturated heterocycles. The van der Waals surface area contributed by atoms with Gasteiger partial charge in [0.1, 0.15) is 0 Å². The van der Waals surface area contributed by atoms with Gasteiger partial charge in [-0.2, -0.15) is 0 Å². The Labute approximate surface area is 66.4 Å². The van der Waals surface area contributed by atoms with E-state index in [4.69, 9.17) is 0 Å². The van der Waals surface area contributed by atoms with Crippen molar-refractivity contribution in [1.29, 1.82) is 0 Å². The van der Waals surface area contributed by atoms with Crippen molar-refractivity contribution >= 4 is 7.55 Å². The van der Waals surface area contributed by atoms with E-state index in [9.17, 15) is 0 Å². The standard InChI is InChI=1S/C8H9BN2/c1-2-6-10(5-1)9-11-7-3-4-8-11/h1-9H. The lowest BCUT2D eigenvalue weighted by molar-refractivity contribution is 1.11. The van der Waals surface area contributed by atoms with E-state index in [1.807, 2.05) is 24.3 Å². The highest BCUT2D eigenvalue weighted by Crippen LogP contribution is 1.90. The number of nitrogens with zero attached hydrogens (tertiary/aromatic N) is 2. The summed E-state index contributed by atoms with van der Waals surface area (Å²) in [6, 6.07) is 8.12. The minimum absolute atomic E-state index is 0.903. The summed E-state index contributed by atoms with van der Waals surface area (Å²) in [4.78, 5) is 0. The number of hydrogen-bond donors (Lipinski definition) is 0. The van der Waals surface area contributed by atoms with Crippen molar-refractivity contribution in [3.05, 3.63) is 49.1 Å². The highest BCUT2D eigenvalue weighted by Gasteiger charge is 1.92. The Kier molecular flexibility index (Phi) is 1.56. The normalized spacial score (nSPS) is 9.82. The Morgan fingerprint density at radius 2 is 1.00 bits per heavy atom. The quantitative estimate of drug-likeness (QED) is 0.555. The van der Waals surface area contributed by atoms with Crippen molar-refractivity contribution in [3.8, 4) is 0 Å². The molecule has 2 nitrogen and oxygen atoms in total. The maximum absolute atomic E-state index is 2.12. The fraction of sp³-hybridized carbons (Fsp3) is 0. The molecule has 0 N–H and O–H groups in total. The highest BCUT2D eigenvalue weighted by molar-refractivity contribution is 6.31. The lowest BCUT2D eigenvalue weighted by Crippen LogP contribution is -2.12. The maximum Gasteiger partial charge on any atom is 0.364 e. The summed E-state index contributed by atoms with van der Waals surface area (Å²) < 4.78 is 4.25. The van der Waals surface area contributed by atoms with Gasteiger partial charge in [0.05, 0.1) is 0 Å². The van der Waals surface area contributed by atoms with Gasteiger partial charge in [-0.05, 0) is 49.1 Å². The van der Waals surface area contributed by atoms with Crippen molar-refractivity contribution < 1.29 is 0 Å². The first kappa shape index (κ1) is 6.34. The summed E-state index contributed by atoms with van der Waals surface area (Å²) in [5.74, 6) is 0. The highest BCUT2D eigenvalue weighted by atomic mass is 15.0. The van der Waals surface area contributed by atoms with Gasteiger partial charge in [0.15, 0.2) is 0 Å². The average Bonchev–Trinajstić information content (AvgIpc) is 2.60. The molecule has 0 spiro atoms. The Morgan fingerprint density at radius 3 is 1.36 bits per heavy atom. The van der Waals surface area contributed by atoms with Crippen LogP contribution in [0.25, 0.3) is 0 Å². The average molecular weight is 144 g/mol. The van der Waals surface area contributed by atoms with E-state index < -0.39 is 0 Å². The Bertz CT molecular complexity index is 264. The molecule has 2 aromatic heterocycles. The van der Waals surface area contributed by atoms with E-state index in [1.54, 1.807) is 0 Å². The maximum atomic E-state index is 2.12. The van der Waals surface area contributed by atoms with Gasteiger partial charge in [0.25, 0.3) is 0 Å². The van der Waals surface area contributed by atoms with Gasteiger partial charge in [-0.3, -0.25) is 0 Å². The molecule has 0 fully saturated rings. The van der Waals surface area contributed by atoms with Crippen molar-refractivity contribution in [2.45, 2.75) is 0 Å². The van der Waals surface area contributed by atoms with Gasteiger partial charge in [0.2, 0.25) is 0 Å². The van der Waals surface area contributed by atoms with Gasteiger partial charge in [-0.15, -0.1) is 0 Å². The molecule has 0 radical (unpaired) electrons. The summed E-state index contributed by atoms with van der Waals surface area (Å²) >= 11 is 0. The minimum Gasteiger partial charge on any atom is -0.381 e. The summed E-state index contributed by atoms with van der Waals surface area (Å²) in [6.07, 6.45) is 8.22. The second-order valence-corrected chi connectivity index (χ2v) is 2.54. The molecule has 2 rings (SSSR count). The second kappa shape index (κ2) is 2.70. The van der Waals surface area contributed by atoms with E-state index in [-0.39, 0.29) is 0 Å². The van der Waals surface area contributed by atoms with Gasteiger partial charge >= 0.3 is 7.55 Å². The molecule has 0 unspecified atom stereocenters. The van der Waals surface area contributed by atoms with E-state index in [2.05, 4.69) is 33.7 Å². The molecule has 3 heteroatoms. The molecule has 0 saturated carbocycles. The molecule has 0 amide bonds. The lowest BCUT2D eigenvalue weighted by Gasteiger charge is -1.99. The molecule has 0 aliphatic rings. The molecule has 2 aromatic rings. The van der Waals surface area contributed by atoms with Crippen molar-refractivity contribution in [3.63, 3.8) is 0 Å². The second-order valence-electron chi connectivity index (χ2n) is 2.54. The van der Waals surface area contributed by atoms with Crippen LogP contribution in [-0.4, -0.2) is 16.5 Å². The van der Waals surface area contributed by atoms with Crippen molar-refractivity contribution in [1.82, 2.24) is 8.96 Å². The van der Waals surface area contributed by atoms with Gasteiger partial charge in [-0.1, -0.05) is 0 Å². The Hall–Kier alpha value is -1.38. The Balaban J connectivity index is 2.14. The Morgan fingerprint density at radius 1 is 0.636 bits per heavy atom.